The third-order valence-electron chi connectivity index (χ3n) is 3.78. The molecule has 8 heteroatoms. The fourth-order valence-electron chi connectivity index (χ4n) is 2.41. The number of ether oxygens (including phenoxy) is 1. The molecule has 0 radical (unpaired) electrons. The molecule has 2 rings (SSSR count). The summed E-state index contributed by atoms with van der Waals surface area (Å²) in [6, 6.07) is 2.10. The number of nitrogens with one attached hydrogen (secondary N) is 2. The normalized spacial score (nSPS) is 17.2. The molecule has 1 aromatic rings. The minimum absolute atomic E-state index is 0.0477. The maximum absolute atomic E-state index is 12.2. The van der Waals surface area contributed by atoms with E-state index in [2.05, 4.69) is 10.6 Å². The van der Waals surface area contributed by atoms with Crippen molar-refractivity contribution in [1.29, 1.82) is 0 Å². The molecule has 130 valence electrons. The van der Waals surface area contributed by atoms with Crippen molar-refractivity contribution < 1.29 is 19.1 Å². The van der Waals surface area contributed by atoms with E-state index in [4.69, 9.17) is 16.3 Å². The highest BCUT2D eigenvalue weighted by molar-refractivity contribution is 6.31. The molecule has 1 heterocycles. The monoisotopic (exact) mass is 353 g/mol. The summed E-state index contributed by atoms with van der Waals surface area (Å²) >= 11 is 6.02. The number of aryl methyl sites for hydroxylation is 1. The van der Waals surface area contributed by atoms with Gasteiger partial charge in [-0.1, -0.05) is 25.4 Å². The average Bonchev–Trinajstić information content (AvgIpc) is 2.79. The lowest BCUT2D eigenvalue weighted by Crippen LogP contribution is -2.39. The molecule has 1 fully saturated rings. The van der Waals surface area contributed by atoms with Crippen molar-refractivity contribution in [2.24, 2.45) is 5.92 Å². The van der Waals surface area contributed by atoms with Crippen LogP contribution in [0.1, 0.15) is 19.4 Å². The van der Waals surface area contributed by atoms with Crippen LogP contribution in [0.5, 0.6) is 5.75 Å². The summed E-state index contributed by atoms with van der Waals surface area (Å²) in [5.41, 5.74) is 1.19. The lowest BCUT2D eigenvalue weighted by Gasteiger charge is -2.16. The summed E-state index contributed by atoms with van der Waals surface area (Å²) in [6.45, 7) is 5.09. The van der Waals surface area contributed by atoms with Gasteiger partial charge in [0.2, 0.25) is 5.91 Å². The Hall–Kier alpha value is -2.28. The number of rotatable bonds is 5. The molecule has 1 atom stereocenters. The number of carbonyl (C=O) groups excluding carboxylic acids is 3. The molecule has 0 aliphatic carbocycles. The van der Waals surface area contributed by atoms with Crippen molar-refractivity contribution in [2.75, 3.05) is 19.0 Å². The predicted molar refractivity (Wildman–Crippen MR) is 90.2 cm³/mol. The SMILES string of the molecule is COc1cc(Cl)c(C)cc1NC(=O)CN1C(=O)NC(C(C)C)C1=O. The Kier molecular flexibility index (Phi) is 5.33. The van der Waals surface area contributed by atoms with Gasteiger partial charge in [-0.15, -0.1) is 0 Å². The Labute approximate surface area is 145 Å². The highest BCUT2D eigenvalue weighted by Gasteiger charge is 2.40. The summed E-state index contributed by atoms with van der Waals surface area (Å²) < 4.78 is 5.18. The first kappa shape index (κ1) is 18.1. The highest BCUT2D eigenvalue weighted by Crippen LogP contribution is 2.31. The van der Waals surface area contributed by atoms with Crippen LogP contribution in [0.15, 0.2) is 12.1 Å². The van der Waals surface area contributed by atoms with Crippen LogP contribution in [0.4, 0.5) is 10.5 Å². The third-order valence-corrected chi connectivity index (χ3v) is 4.19. The number of anilines is 1. The highest BCUT2D eigenvalue weighted by atomic mass is 35.5. The molecular formula is C16H20ClN3O4. The van der Waals surface area contributed by atoms with Gasteiger partial charge in [0.05, 0.1) is 12.8 Å². The summed E-state index contributed by atoms with van der Waals surface area (Å²) in [5.74, 6) is -0.544. The van der Waals surface area contributed by atoms with E-state index >= 15 is 0 Å². The van der Waals surface area contributed by atoms with E-state index < -0.39 is 23.9 Å². The zero-order chi connectivity index (χ0) is 18.0. The van der Waals surface area contributed by atoms with Gasteiger partial charge >= 0.3 is 6.03 Å². The Balaban J connectivity index is 2.10. The molecule has 1 unspecified atom stereocenters. The minimum Gasteiger partial charge on any atom is -0.495 e. The van der Waals surface area contributed by atoms with E-state index in [1.807, 2.05) is 13.8 Å². The molecule has 0 aromatic heterocycles. The van der Waals surface area contributed by atoms with Crippen LogP contribution in [0.3, 0.4) is 0 Å². The van der Waals surface area contributed by atoms with Gasteiger partial charge in [0.25, 0.3) is 5.91 Å². The standard InChI is InChI=1S/C16H20ClN3O4/c1-8(2)14-15(22)20(16(23)19-14)7-13(21)18-11-5-9(3)10(17)6-12(11)24-4/h5-6,8,14H,7H2,1-4H3,(H,18,21)(H,19,23). The fourth-order valence-corrected chi connectivity index (χ4v) is 2.56. The lowest BCUT2D eigenvalue weighted by atomic mass is 10.1. The van der Waals surface area contributed by atoms with Crippen LogP contribution in [0, 0.1) is 12.8 Å². The van der Waals surface area contributed by atoms with E-state index in [9.17, 15) is 14.4 Å². The quantitative estimate of drug-likeness (QED) is 0.794. The predicted octanol–water partition coefficient (Wildman–Crippen LogP) is 2.17. The Morgan fingerprint density at radius 2 is 2.08 bits per heavy atom. The molecule has 0 saturated carbocycles. The Bertz CT molecular complexity index is 690. The topological polar surface area (TPSA) is 87.7 Å². The van der Waals surface area contributed by atoms with Crippen LogP contribution in [-0.2, 0) is 9.59 Å². The van der Waals surface area contributed by atoms with Crippen LogP contribution in [-0.4, -0.2) is 42.4 Å². The molecular weight excluding hydrogens is 334 g/mol. The summed E-state index contributed by atoms with van der Waals surface area (Å²) in [5, 5.41) is 5.73. The Morgan fingerprint density at radius 3 is 2.62 bits per heavy atom. The smallest absolute Gasteiger partial charge is 0.325 e. The van der Waals surface area contributed by atoms with Gasteiger partial charge in [-0.05, 0) is 24.5 Å². The van der Waals surface area contributed by atoms with Crippen LogP contribution in [0.2, 0.25) is 5.02 Å². The molecule has 1 aliphatic rings. The van der Waals surface area contributed by atoms with E-state index in [1.54, 1.807) is 19.1 Å². The molecule has 7 nitrogen and oxygen atoms in total. The van der Waals surface area contributed by atoms with Crippen molar-refractivity contribution in [3.63, 3.8) is 0 Å². The lowest BCUT2D eigenvalue weighted by molar-refractivity contribution is -0.131. The van der Waals surface area contributed by atoms with Gasteiger partial charge in [0.15, 0.2) is 0 Å². The Morgan fingerprint density at radius 1 is 1.42 bits per heavy atom. The second-order valence-electron chi connectivity index (χ2n) is 5.95. The van der Waals surface area contributed by atoms with Gasteiger partial charge in [-0.25, -0.2) is 4.79 Å². The summed E-state index contributed by atoms with van der Waals surface area (Å²) in [4.78, 5) is 37.2. The minimum atomic E-state index is -0.599. The summed E-state index contributed by atoms with van der Waals surface area (Å²) in [6.07, 6.45) is 0. The van der Waals surface area contributed by atoms with E-state index in [1.165, 1.54) is 7.11 Å². The number of carbonyl (C=O) groups is 3. The first-order valence-electron chi connectivity index (χ1n) is 7.50. The molecule has 24 heavy (non-hydrogen) atoms. The maximum atomic E-state index is 12.2. The number of methoxy groups -OCH3 is 1. The molecule has 0 spiro atoms. The number of imide groups is 1. The second-order valence-corrected chi connectivity index (χ2v) is 6.35. The molecule has 2 N–H and O–H groups in total. The molecule has 0 bridgehead atoms. The average molecular weight is 354 g/mol. The number of halogens is 1. The van der Waals surface area contributed by atoms with Crippen LogP contribution < -0.4 is 15.4 Å². The van der Waals surface area contributed by atoms with Gasteiger partial charge < -0.3 is 15.4 Å². The van der Waals surface area contributed by atoms with Crippen LogP contribution in [0.25, 0.3) is 0 Å². The number of benzene rings is 1. The number of amides is 4. The number of hydrogen-bond acceptors (Lipinski definition) is 4. The zero-order valence-corrected chi connectivity index (χ0v) is 14.7. The van der Waals surface area contributed by atoms with Gasteiger partial charge in [0.1, 0.15) is 18.3 Å². The largest absolute Gasteiger partial charge is 0.495 e. The molecule has 1 saturated heterocycles. The van der Waals surface area contributed by atoms with Crippen molar-refractivity contribution in [2.45, 2.75) is 26.8 Å². The first-order valence-corrected chi connectivity index (χ1v) is 7.88. The first-order chi connectivity index (χ1) is 11.2. The van der Waals surface area contributed by atoms with E-state index in [0.29, 0.717) is 16.5 Å². The zero-order valence-electron chi connectivity index (χ0n) is 14.0. The van der Waals surface area contributed by atoms with E-state index in [0.717, 1.165) is 10.5 Å². The molecule has 1 aliphatic heterocycles. The number of hydrogen-bond donors (Lipinski definition) is 2. The summed E-state index contributed by atoms with van der Waals surface area (Å²) in [7, 11) is 1.46. The maximum Gasteiger partial charge on any atom is 0.325 e. The van der Waals surface area contributed by atoms with Crippen molar-refractivity contribution in [3.05, 3.63) is 22.7 Å². The molecule has 4 amide bonds. The number of nitrogens with zero attached hydrogens (tertiary/aromatic N) is 1. The fraction of sp³-hybridized carbons (Fsp3) is 0.438. The van der Waals surface area contributed by atoms with Gasteiger partial charge in [-0.3, -0.25) is 14.5 Å². The van der Waals surface area contributed by atoms with Crippen molar-refractivity contribution in [1.82, 2.24) is 10.2 Å². The van der Waals surface area contributed by atoms with Crippen molar-refractivity contribution >= 4 is 35.1 Å². The second kappa shape index (κ2) is 7.09. The van der Waals surface area contributed by atoms with Crippen LogP contribution >= 0.6 is 11.6 Å². The van der Waals surface area contributed by atoms with Crippen molar-refractivity contribution in [3.8, 4) is 5.75 Å². The van der Waals surface area contributed by atoms with Gasteiger partial charge in [0, 0.05) is 11.1 Å². The van der Waals surface area contributed by atoms with E-state index in [-0.39, 0.29) is 12.5 Å². The number of urea groups is 1. The molecule has 1 aromatic carbocycles. The third kappa shape index (κ3) is 3.62. The van der Waals surface area contributed by atoms with Gasteiger partial charge in [-0.2, -0.15) is 0 Å².